The fourth-order valence-electron chi connectivity index (χ4n) is 3.47. The Labute approximate surface area is 198 Å². The van der Waals surface area contributed by atoms with Gasteiger partial charge in [-0.15, -0.1) is 0 Å². The van der Waals surface area contributed by atoms with Gasteiger partial charge in [-0.1, -0.05) is 0 Å². The minimum absolute atomic E-state index is 0.211. The van der Waals surface area contributed by atoms with Gasteiger partial charge in [0.25, 0.3) is 0 Å². The first kappa shape index (κ1) is 22.1. The van der Waals surface area contributed by atoms with Crippen molar-refractivity contribution in [3.63, 3.8) is 0 Å². The van der Waals surface area contributed by atoms with E-state index in [9.17, 15) is 0 Å². The zero-order valence-electron chi connectivity index (χ0n) is 17.5. The van der Waals surface area contributed by atoms with E-state index in [1.807, 2.05) is 12.1 Å². The molecule has 0 saturated carbocycles. The van der Waals surface area contributed by atoms with E-state index in [-0.39, 0.29) is 21.2 Å². The molecule has 0 unspecified atom stereocenters. The molecule has 0 saturated heterocycles. The summed E-state index contributed by atoms with van der Waals surface area (Å²) in [7, 11) is 3.41. The molecule has 0 aliphatic heterocycles. The summed E-state index contributed by atoms with van der Waals surface area (Å²) in [6.07, 6.45) is 0. The number of halogens is 1. The van der Waals surface area contributed by atoms with Crippen LogP contribution in [0.25, 0.3) is 0 Å². The molecule has 0 heterocycles. The van der Waals surface area contributed by atoms with Crippen molar-refractivity contribution < 1.29 is 30.7 Å². The molecule has 0 fully saturated rings. The van der Waals surface area contributed by atoms with Crippen LogP contribution < -0.4 is 21.2 Å². The van der Waals surface area contributed by atoms with E-state index in [1.165, 1.54) is 12.0 Å². The van der Waals surface area contributed by atoms with Gasteiger partial charge in [-0.3, -0.25) is 0 Å². The number of hydrogen-bond donors (Lipinski definition) is 0. The van der Waals surface area contributed by atoms with Gasteiger partial charge in [0, 0.05) is 0 Å². The van der Waals surface area contributed by atoms with E-state index in [0.717, 1.165) is 16.0 Å². The molecule has 31 heavy (non-hydrogen) atoms. The monoisotopic (exact) mass is 539 g/mol. The molecule has 4 heteroatoms. The van der Waals surface area contributed by atoms with Gasteiger partial charge in [-0.2, -0.15) is 0 Å². The first-order valence-corrected chi connectivity index (χ1v) is 13.0. The molecule has 4 aromatic carbocycles. The molecule has 0 N–H and O–H groups in total. The molecule has 0 aliphatic carbocycles. The van der Waals surface area contributed by atoms with Crippen LogP contribution >= 0.6 is 11.8 Å². The molecule has 2 nitrogen and oxygen atoms in total. The van der Waals surface area contributed by atoms with Crippen LogP contribution in [0.3, 0.4) is 0 Å². The molecular formula is C27H24IO2S-. The van der Waals surface area contributed by atoms with E-state index >= 15 is 0 Å². The van der Waals surface area contributed by atoms with Gasteiger partial charge < -0.3 is 0 Å². The van der Waals surface area contributed by atoms with Crippen LogP contribution in [-0.4, -0.2) is 14.2 Å². The summed E-state index contributed by atoms with van der Waals surface area (Å²) < 4.78 is 14.9. The summed E-state index contributed by atoms with van der Waals surface area (Å²) in [5.74, 6) is -0.970. The number of hydrogen-bond acceptors (Lipinski definition) is 3. The van der Waals surface area contributed by atoms with Crippen molar-refractivity contribution in [2.45, 2.75) is 15.6 Å². The first-order valence-electron chi connectivity index (χ1n) is 9.98. The van der Waals surface area contributed by atoms with Gasteiger partial charge in [-0.05, 0) is 0 Å². The van der Waals surface area contributed by atoms with Crippen LogP contribution in [0.5, 0.6) is 0 Å². The van der Waals surface area contributed by atoms with E-state index < -0.39 is 5.79 Å². The quantitative estimate of drug-likeness (QED) is 0.253. The average Bonchev–Trinajstić information content (AvgIpc) is 2.83. The van der Waals surface area contributed by atoms with E-state index in [4.69, 9.17) is 9.47 Å². The summed E-state index contributed by atoms with van der Waals surface area (Å²) in [6.45, 7) is 0. The van der Waals surface area contributed by atoms with Crippen molar-refractivity contribution in [2.24, 2.45) is 0 Å². The fraction of sp³-hybridized carbons (Fsp3) is 0.111. The second kappa shape index (κ2) is 10.5. The predicted octanol–water partition coefficient (Wildman–Crippen LogP) is 3.46. The molecule has 0 spiro atoms. The van der Waals surface area contributed by atoms with Crippen molar-refractivity contribution in [2.75, 3.05) is 14.2 Å². The normalized spacial score (nSPS) is 11.5. The topological polar surface area (TPSA) is 18.5 Å². The molecule has 0 bridgehead atoms. The standard InChI is InChI=1S/C27H24IO2S/c1-29-27(30-2,21-17-19-23(20-18-21)28-22-11-5-3-6-12-22)25-15-9-10-16-26(25)31-24-13-7-4-8-14-24/h3-20H,1-2H3/q-1. The zero-order chi connectivity index (χ0) is 21.5. The summed E-state index contributed by atoms with van der Waals surface area (Å²) in [6, 6.07) is 38.0. The minimum atomic E-state index is -0.970. The SMILES string of the molecule is COC(OC)(c1ccc([I-]c2ccccc2)cc1)c1ccccc1Sc1ccccc1. The van der Waals surface area contributed by atoms with Crippen molar-refractivity contribution in [3.8, 4) is 0 Å². The fourth-order valence-corrected chi connectivity index (χ4v) is 6.69. The molecule has 0 aromatic heterocycles. The molecule has 0 amide bonds. The Morgan fingerprint density at radius 3 is 1.81 bits per heavy atom. The Morgan fingerprint density at radius 2 is 1.16 bits per heavy atom. The summed E-state index contributed by atoms with van der Waals surface area (Å²) in [5.41, 5.74) is 1.98. The van der Waals surface area contributed by atoms with Crippen molar-refractivity contribution in [1.29, 1.82) is 0 Å². The summed E-state index contributed by atoms with van der Waals surface area (Å²) in [5, 5.41) is 0. The van der Waals surface area contributed by atoms with Gasteiger partial charge in [0.05, 0.1) is 0 Å². The Bertz CT molecular complexity index is 1090. The van der Waals surface area contributed by atoms with Crippen LogP contribution in [-0.2, 0) is 15.3 Å². The van der Waals surface area contributed by atoms with Crippen molar-refractivity contribution in [1.82, 2.24) is 0 Å². The van der Waals surface area contributed by atoms with Crippen LogP contribution in [0.4, 0.5) is 0 Å². The van der Waals surface area contributed by atoms with E-state index in [1.54, 1.807) is 26.0 Å². The Kier molecular flexibility index (Phi) is 7.45. The van der Waals surface area contributed by atoms with Crippen LogP contribution in [0.2, 0.25) is 0 Å². The van der Waals surface area contributed by atoms with Crippen molar-refractivity contribution >= 4 is 11.8 Å². The molecule has 4 aromatic rings. The van der Waals surface area contributed by atoms with Gasteiger partial charge >= 0.3 is 200 Å². The second-order valence-corrected chi connectivity index (χ2v) is 11.0. The average molecular weight is 539 g/mol. The summed E-state index contributed by atoms with van der Waals surface area (Å²) >= 11 is 1.51. The molecule has 0 atom stereocenters. The molecule has 0 aliphatic rings. The van der Waals surface area contributed by atoms with Crippen LogP contribution in [0.1, 0.15) is 11.1 Å². The van der Waals surface area contributed by atoms with Crippen molar-refractivity contribution in [3.05, 3.63) is 127 Å². The molecule has 158 valence electrons. The Hall–Kier alpha value is -2.12. The third-order valence-electron chi connectivity index (χ3n) is 4.96. The maximum absolute atomic E-state index is 6.07. The predicted molar refractivity (Wildman–Crippen MR) is 122 cm³/mol. The van der Waals surface area contributed by atoms with Gasteiger partial charge in [0.15, 0.2) is 0 Å². The molecule has 4 rings (SSSR count). The molecular weight excluding hydrogens is 515 g/mol. The Morgan fingerprint density at radius 1 is 0.613 bits per heavy atom. The van der Waals surface area contributed by atoms with Gasteiger partial charge in [0.2, 0.25) is 0 Å². The third-order valence-corrected chi connectivity index (χ3v) is 8.73. The third kappa shape index (κ3) is 5.04. The second-order valence-electron chi connectivity index (χ2n) is 6.83. The van der Waals surface area contributed by atoms with Crippen LogP contribution in [0.15, 0.2) is 119 Å². The number of rotatable bonds is 8. The van der Waals surface area contributed by atoms with E-state index in [2.05, 4.69) is 97.1 Å². The van der Waals surface area contributed by atoms with Crippen LogP contribution in [0, 0.1) is 7.14 Å². The number of benzene rings is 4. The maximum atomic E-state index is 6.07. The zero-order valence-corrected chi connectivity index (χ0v) is 20.5. The number of ether oxygens (including phenoxy) is 2. The van der Waals surface area contributed by atoms with E-state index in [0.29, 0.717) is 0 Å². The van der Waals surface area contributed by atoms with Gasteiger partial charge in [0.1, 0.15) is 0 Å². The summed E-state index contributed by atoms with van der Waals surface area (Å²) in [4.78, 5) is 2.29. The molecule has 0 radical (unpaired) electrons. The first-order chi connectivity index (χ1) is 15.2. The number of methoxy groups -OCH3 is 2. The van der Waals surface area contributed by atoms with Gasteiger partial charge in [-0.25, -0.2) is 0 Å². The Balaban J connectivity index is 1.68.